The largest absolute Gasteiger partial charge is 0.480 e. The zero-order valence-electron chi connectivity index (χ0n) is 13.8. The Labute approximate surface area is 143 Å². The van der Waals surface area contributed by atoms with Crippen molar-refractivity contribution in [2.24, 2.45) is 0 Å². The number of rotatable bonds is 8. The molecule has 1 fully saturated rings. The maximum Gasteiger partial charge on any atom is 0.328 e. The first-order valence-electron chi connectivity index (χ1n) is 8.00. The number of carboxylic acid groups (broad SMARTS) is 1. The lowest BCUT2D eigenvalue weighted by molar-refractivity contribution is -0.140. The average Bonchev–Trinajstić information content (AvgIpc) is 3.37. The van der Waals surface area contributed by atoms with E-state index in [-0.39, 0.29) is 13.2 Å². The molecule has 0 aromatic carbocycles. The fourth-order valence-electron chi connectivity index (χ4n) is 2.56. The summed E-state index contributed by atoms with van der Waals surface area (Å²) in [5, 5.41) is 16.1. The number of carbonyl (C=O) groups excluding carboxylic acids is 1. The highest BCUT2D eigenvalue weighted by molar-refractivity contribution is 6.07. The fraction of sp³-hybridized carbons (Fsp3) is 0.412. The Balaban J connectivity index is 1.88. The number of aryl methyl sites for hydroxylation is 1. The van der Waals surface area contributed by atoms with Crippen LogP contribution < -0.4 is 5.32 Å². The van der Waals surface area contributed by atoms with Crippen LogP contribution in [0, 0.1) is 6.92 Å². The van der Waals surface area contributed by atoms with Gasteiger partial charge in [0, 0.05) is 11.6 Å². The topological polar surface area (TPSA) is 115 Å². The number of pyridine rings is 1. The number of hydrogen-bond donors (Lipinski definition) is 2. The predicted molar refractivity (Wildman–Crippen MR) is 88.4 cm³/mol. The van der Waals surface area contributed by atoms with Gasteiger partial charge in [0.2, 0.25) is 0 Å². The SMILES string of the molecule is C=CCOCC(NC(=O)c1cc(C2CC2)nc2onc(C)c12)C(=O)O. The van der Waals surface area contributed by atoms with Gasteiger partial charge in [-0.2, -0.15) is 0 Å². The molecule has 1 aliphatic carbocycles. The van der Waals surface area contributed by atoms with Crippen molar-refractivity contribution in [3.63, 3.8) is 0 Å². The molecule has 2 aromatic rings. The molecule has 1 atom stereocenters. The Morgan fingerprint density at radius 1 is 1.56 bits per heavy atom. The van der Waals surface area contributed by atoms with E-state index in [4.69, 9.17) is 9.26 Å². The molecule has 0 aliphatic heterocycles. The predicted octanol–water partition coefficient (Wildman–Crippen LogP) is 1.79. The summed E-state index contributed by atoms with van der Waals surface area (Å²) in [5.41, 5.74) is 1.91. The molecule has 1 amide bonds. The molecule has 8 nitrogen and oxygen atoms in total. The normalized spacial score (nSPS) is 15.1. The average molecular weight is 345 g/mol. The van der Waals surface area contributed by atoms with Crippen LogP contribution >= 0.6 is 0 Å². The van der Waals surface area contributed by atoms with Crippen LogP contribution in [0.1, 0.15) is 40.5 Å². The maximum absolute atomic E-state index is 12.7. The second kappa shape index (κ2) is 7.02. The van der Waals surface area contributed by atoms with Crippen LogP contribution in [0.25, 0.3) is 11.1 Å². The lowest BCUT2D eigenvalue weighted by Gasteiger charge is -2.15. The second-order valence-electron chi connectivity index (χ2n) is 6.01. The first-order chi connectivity index (χ1) is 12.0. The number of nitrogens with one attached hydrogen (secondary N) is 1. The van der Waals surface area contributed by atoms with E-state index in [2.05, 4.69) is 22.0 Å². The number of carboxylic acids is 1. The molecule has 0 spiro atoms. The Kier molecular flexibility index (Phi) is 4.80. The highest BCUT2D eigenvalue weighted by Crippen LogP contribution is 2.40. The molecule has 0 bridgehead atoms. The Hall–Kier alpha value is -2.74. The molecule has 1 saturated carbocycles. The third kappa shape index (κ3) is 3.69. The molecule has 1 unspecified atom stereocenters. The standard InChI is InChI=1S/C17H19N3O5/c1-3-6-24-8-13(17(22)23)18-15(21)11-7-12(10-4-5-10)19-16-14(11)9(2)20-25-16/h3,7,10,13H,1,4-6,8H2,2H3,(H,18,21)(H,22,23). The van der Waals surface area contributed by atoms with Gasteiger partial charge in [0.05, 0.1) is 29.9 Å². The van der Waals surface area contributed by atoms with E-state index in [1.165, 1.54) is 6.08 Å². The minimum absolute atomic E-state index is 0.153. The van der Waals surface area contributed by atoms with Gasteiger partial charge in [0.1, 0.15) is 0 Å². The van der Waals surface area contributed by atoms with E-state index in [9.17, 15) is 14.7 Å². The number of carbonyl (C=O) groups is 2. The fourth-order valence-corrected chi connectivity index (χ4v) is 2.56. The summed E-state index contributed by atoms with van der Waals surface area (Å²) in [6.45, 7) is 5.26. The van der Waals surface area contributed by atoms with Crippen molar-refractivity contribution in [3.05, 3.63) is 35.7 Å². The quantitative estimate of drug-likeness (QED) is 0.553. The van der Waals surface area contributed by atoms with E-state index in [0.717, 1.165) is 18.5 Å². The highest BCUT2D eigenvalue weighted by Gasteiger charge is 2.29. The Morgan fingerprint density at radius 3 is 2.96 bits per heavy atom. The number of nitrogens with zero attached hydrogens (tertiary/aromatic N) is 2. The van der Waals surface area contributed by atoms with Crippen molar-refractivity contribution in [2.45, 2.75) is 31.7 Å². The van der Waals surface area contributed by atoms with Gasteiger partial charge in [-0.15, -0.1) is 6.58 Å². The summed E-state index contributed by atoms with van der Waals surface area (Å²) in [5.74, 6) is -1.38. The molecule has 0 saturated heterocycles. The summed E-state index contributed by atoms with van der Waals surface area (Å²) < 4.78 is 10.4. The van der Waals surface area contributed by atoms with Crippen LogP contribution in [-0.2, 0) is 9.53 Å². The first kappa shape index (κ1) is 17.1. The van der Waals surface area contributed by atoms with Gasteiger partial charge < -0.3 is 19.7 Å². The monoisotopic (exact) mass is 345 g/mol. The van der Waals surface area contributed by atoms with Crippen molar-refractivity contribution in [1.29, 1.82) is 0 Å². The second-order valence-corrected chi connectivity index (χ2v) is 6.01. The van der Waals surface area contributed by atoms with Crippen molar-refractivity contribution >= 4 is 23.0 Å². The summed E-state index contributed by atoms with van der Waals surface area (Å²) in [7, 11) is 0. The number of ether oxygens (including phenoxy) is 1. The number of aromatic nitrogens is 2. The molecule has 25 heavy (non-hydrogen) atoms. The van der Waals surface area contributed by atoms with Gasteiger partial charge >= 0.3 is 5.97 Å². The van der Waals surface area contributed by atoms with E-state index in [0.29, 0.717) is 28.3 Å². The Bertz CT molecular complexity index is 825. The van der Waals surface area contributed by atoms with Crippen LogP contribution in [0.15, 0.2) is 23.2 Å². The van der Waals surface area contributed by atoms with Gasteiger partial charge in [0.25, 0.3) is 11.6 Å². The number of fused-ring (bicyclic) bond motifs is 1. The molecule has 2 N–H and O–H groups in total. The first-order valence-corrected chi connectivity index (χ1v) is 8.00. The van der Waals surface area contributed by atoms with Gasteiger partial charge in [-0.05, 0) is 25.8 Å². The van der Waals surface area contributed by atoms with Crippen LogP contribution in [0.5, 0.6) is 0 Å². The van der Waals surface area contributed by atoms with Gasteiger partial charge in [-0.1, -0.05) is 11.2 Å². The van der Waals surface area contributed by atoms with Crippen molar-refractivity contribution < 1.29 is 24.0 Å². The summed E-state index contributed by atoms with van der Waals surface area (Å²) in [4.78, 5) is 28.5. The smallest absolute Gasteiger partial charge is 0.328 e. The van der Waals surface area contributed by atoms with Gasteiger partial charge in [0.15, 0.2) is 6.04 Å². The molecular weight excluding hydrogens is 326 g/mol. The van der Waals surface area contributed by atoms with E-state index >= 15 is 0 Å². The number of hydrogen-bond acceptors (Lipinski definition) is 6. The minimum Gasteiger partial charge on any atom is -0.480 e. The van der Waals surface area contributed by atoms with Crippen molar-refractivity contribution in [1.82, 2.24) is 15.5 Å². The zero-order chi connectivity index (χ0) is 18.0. The van der Waals surface area contributed by atoms with Crippen molar-refractivity contribution in [2.75, 3.05) is 13.2 Å². The van der Waals surface area contributed by atoms with Crippen LogP contribution in [0.2, 0.25) is 0 Å². The third-order valence-electron chi connectivity index (χ3n) is 4.00. The summed E-state index contributed by atoms with van der Waals surface area (Å²) >= 11 is 0. The Morgan fingerprint density at radius 2 is 2.32 bits per heavy atom. The molecule has 132 valence electrons. The minimum atomic E-state index is -1.17. The number of amides is 1. The van der Waals surface area contributed by atoms with Crippen molar-refractivity contribution in [3.8, 4) is 0 Å². The lowest BCUT2D eigenvalue weighted by atomic mass is 10.1. The molecule has 2 heterocycles. The zero-order valence-corrected chi connectivity index (χ0v) is 13.8. The maximum atomic E-state index is 12.7. The van der Waals surface area contributed by atoms with E-state index in [1.54, 1.807) is 13.0 Å². The molecular formula is C17H19N3O5. The highest BCUT2D eigenvalue weighted by atomic mass is 16.5. The number of aliphatic carboxylic acids is 1. The van der Waals surface area contributed by atoms with Gasteiger partial charge in [-0.25, -0.2) is 9.78 Å². The van der Waals surface area contributed by atoms with Crippen LogP contribution in [0.3, 0.4) is 0 Å². The van der Waals surface area contributed by atoms with E-state index < -0.39 is 17.9 Å². The third-order valence-corrected chi connectivity index (χ3v) is 4.00. The van der Waals surface area contributed by atoms with Crippen LogP contribution in [-0.4, -0.2) is 46.4 Å². The molecule has 1 aliphatic rings. The van der Waals surface area contributed by atoms with Gasteiger partial charge in [-0.3, -0.25) is 4.79 Å². The summed E-state index contributed by atoms with van der Waals surface area (Å²) in [6.07, 6.45) is 3.54. The molecule has 2 aromatic heterocycles. The lowest BCUT2D eigenvalue weighted by Crippen LogP contribution is -2.44. The molecule has 8 heteroatoms. The van der Waals surface area contributed by atoms with Crippen LogP contribution in [0.4, 0.5) is 0 Å². The van der Waals surface area contributed by atoms with E-state index in [1.807, 2.05) is 0 Å². The molecule has 0 radical (unpaired) electrons. The summed E-state index contributed by atoms with van der Waals surface area (Å²) in [6, 6.07) is 0.531. The molecule has 3 rings (SSSR count).